The van der Waals surface area contributed by atoms with Crippen LogP contribution < -0.4 is 5.73 Å². The predicted octanol–water partition coefficient (Wildman–Crippen LogP) is 2.69. The zero-order valence-corrected chi connectivity index (χ0v) is 12.2. The Morgan fingerprint density at radius 2 is 2.14 bits per heavy atom. The van der Waals surface area contributed by atoms with Gasteiger partial charge in [-0.1, -0.05) is 0 Å². The van der Waals surface area contributed by atoms with Crippen molar-refractivity contribution >= 4 is 10.9 Å². The van der Waals surface area contributed by atoms with Gasteiger partial charge in [-0.15, -0.1) is 0 Å². The molecule has 3 nitrogen and oxygen atoms in total. The monoisotopic (exact) mass is 287 g/mol. The van der Waals surface area contributed by atoms with Crippen LogP contribution in [0, 0.1) is 17.7 Å². The number of aromatic nitrogens is 1. The van der Waals surface area contributed by atoms with Crippen LogP contribution in [0.5, 0.6) is 0 Å². The van der Waals surface area contributed by atoms with Crippen molar-refractivity contribution in [1.29, 1.82) is 0 Å². The number of nitrogens with zero attached hydrogens (tertiary/aromatic N) is 1. The molecule has 3 saturated heterocycles. The first kappa shape index (κ1) is 13.3. The molecule has 2 aromatic rings. The van der Waals surface area contributed by atoms with Crippen LogP contribution in [0.1, 0.15) is 24.3 Å². The molecule has 5 rings (SSSR count). The van der Waals surface area contributed by atoms with E-state index in [4.69, 9.17) is 5.73 Å². The van der Waals surface area contributed by atoms with E-state index in [2.05, 4.69) is 9.88 Å². The Morgan fingerprint density at radius 3 is 2.81 bits per heavy atom. The highest BCUT2D eigenvalue weighted by atomic mass is 19.1. The third kappa shape index (κ3) is 2.17. The van der Waals surface area contributed by atoms with Crippen molar-refractivity contribution in [3.8, 4) is 0 Å². The Labute approximate surface area is 124 Å². The molecular formula is C17H22FN3. The van der Waals surface area contributed by atoms with Gasteiger partial charge in [0.25, 0.3) is 0 Å². The summed E-state index contributed by atoms with van der Waals surface area (Å²) in [6, 6.07) is 4.97. The van der Waals surface area contributed by atoms with Crippen molar-refractivity contribution in [1.82, 2.24) is 9.88 Å². The highest BCUT2D eigenvalue weighted by molar-refractivity contribution is 5.83. The molecule has 2 bridgehead atoms. The van der Waals surface area contributed by atoms with Gasteiger partial charge >= 0.3 is 0 Å². The second kappa shape index (κ2) is 5.11. The molecule has 2 atom stereocenters. The first-order valence-electron chi connectivity index (χ1n) is 7.95. The van der Waals surface area contributed by atoms with Crippen LogP contribution in [-0.2, 0) is 0 Å². The number of fused-ring (bicyclic) bond motifs is 4. The molecule has 0 amide bonds. The lowest BCUT2D eigenvalue weighted by molar-refractivity contribution is 0.0381. The molecule has 21 heavy (non-hydrogen) atoms. The smallest absolute Gasteiger partial charge is 0.123 e. The van der Waals surface area contributed by atoms with Gasteiger partial charge in [-0.3, -0.25) is 0 Å². The van der Waals surface area contributed by atoms with E-state index in [9.17, 15) is 4.39 Å². The summed E-state index contributed by atoms with van der Waals surface area (Å²) in [7, 11) is 0. The highest BCUT2D eigenvalue weighted by Crippen LogP contribution is 2.42. The number of H-pyrrole nitrogens is 1. The van der Waals surface area contributed by atoms with E-state index in [-0.39, 0.29) is 5.82 Å². The lowest BCUT2D eigenvalue weighted by Crippen LogP contribution is -2.50. The molecule has 4 heteroatoms. The van der Waals surface area contributed by atoms with Gasteiger partial charge in [-0.25, -0.2) is 4.39 Å². The van der Waals surface area contributed by atoms with Crippen LogP contribution in [-0.4, -0.2) is 36.1 Å². The Bertz CT molecular complexity index is 643. The number of hydrogen-bond acceptors (Lipinski definition) is 2. The molecule has 112 valence electrons. The van der Waals surface area contributed by atoms with E-state index in [1.165, 1.54) is 37.6 Å². The van der Waals surface area contributed by atoms with E-state index >= 15 is 0 Å². The van der Waals surface area contributed by atoms with Gasteiger partial charge in [-0.2, -0.15) is 0 Å². The average Bonchev–Trinajstić information content (AvgIpc) is 2.93. The molecule has 0 aliphatic carbocycles. The minimum Gasteiger partial charge on any atom is -0.361 e. The first-order valence-corrected chi connectivity index (χ1v) is 7.95. The number of piperidine rings is 3. The molecule has 0 spiro atoms. The second-order valence-electron chi connectivity index (χ2n) is 6.58. The van der Waals surface area contributed by atoms with E-state index in [0.29, 0.717) is 18.4 Å². The van der Waals surface area contributed by atoms with Gasteiger partial charge in [-0.05, 0) is 68.1 Å². The zero-order chi connectivity index (χ0) is 14.4. The SMILES string of the molecule is NCC(c1c[nH]c2ccc(F)cc12)C1CN2CCC1CC2. The first-order chi connectivity index (χ1) is 10.3. The Hall–Kier alpha value is -1.39. The molecule has 0 saturated carbocycles. The number of halogens is 1. The van der Waals surface area contributed by atoms with Crippen molar-refractivity contribution < 1.29 is 4.39 Å². The van der Waals surface area contributed by atoms with Gasteiger partial charge in [0.05, 0.1) is 0 Å². The molecule has 3 aliphatic heterocycles. The maximum absolute atomic E-state index is 13.6. The zero-order valence-electron chi connectivity index (χ0n) is 12.2. The van der Waals surface area contributed by atoms with Gasteiger partial charge in [0.1, 0.15) is 5.82 Å². The standard InChI is InChI=1S/C17H22FN3/c18-12-1-2-17-13(7-12)15(9-20-17)14(8-19)16-10-21-5-3-11(16)4-6-21/h1-2,7,9,11,14,16,20H,3-6,8,10,19H2. The van der Waals surface area contributed by atoms with E-state index < -0.39 is 0 Å². The van der Waals surface area contributed by atoms with Gasteiger partial charge in [0.15, 0.2) is 0 Å². The predicted molar refractivity (Wildman–Crippen MR) is 82.7 cm³/mol. The summed E-state index contributed by atoms with van der Waals surface area (Å²) >= 11 is 0. The average molecular weight is 287 g/mol. The van der Waals surface area contributed by atoms with Crippen LogP contribution in [0.2, 0.25) is 0 Å². The van der Waals surface area contributed by atoms with Crippen molar-refractivity contribution in [2.75, 3.05) is 26.2 Å². The Kier molecular flexibility index (Phi) is 3.23. The number of aromatic amines is 1. The summed E-state index contributed by atoms with van der Waals surface area (Å²) < 4.78 is 13.6. The normalized spacial score (nSPS) is 29.9. The highest BCUT2D eigenvalue weighted by Gasteiger charge is 2.39. The van der Waals surface area contributed by atoms with E-state index in [1.54, 1.807) is 6.07 Å². The minimum atomic E-state index is -0.173. The molecule has 3 fully saturated rings. The summed E-state index contributed by atoms with van der Waals surface area (Å²) in [4.78, 5) is 5.84. The largest absolute Gasteiger partial charge is 0.361 e. The second-order valence-corrected chi connectivity index (χ2v) is 6.58. The third-order valence-electron chi connectivity index (χ3n) is 5.55. The lowest BCUT2D eigenvalue weighted by atomic mass is 9.70. The fourth-order valence-electron chi connectivity index (χ4n) is 4.42. The Balaban J connectivity index is 1.73. The minimum absolute atomic E-state index is 0.173. The maximum Gasteiger partial charge on any atom is 0.123 e. The fraction of sp³-hybridized carbons (Fsp3) is 0.529. The summed E-state index contributed by atoms with van der Waals surface area (Å²) in [6.07, 6.45) is 4.62. The van der Waals surface area contributed by atoms with Crippen molar-refractivity contribution in [2.24, 2.45) is 17.6 Å². The molecular weight excluding hydrogens is 265 g/mol. The van der Waals surface area contributed by atoms with Crippen LogP contribution in [0.25, 0.3) is 10.9 Å². The molecule has 4 heterocycles. The topological polar surface area (TPSA) is 45.1 Å². The van der Waals surface area contributed by atoms with Crippen LogP contribution in [0.3, 0.4) is 0 Å². The fourth-order valence-corrected chi connectivity index (χ4v) is 4.42. The van der Waals surface area contributed by atoms with E-state index in [1.807, 2.05) is 12.3 Å². The third-order valence-corrected chi connectivity index (χ3v) is 5.55. The van der Waals surface area contributed by atoms with E-state index in [0.717, 1.165) is 23.4 Å². The molecule has 2 unspecified atom stereocenters. The van der Waals surface area contributed by atoms with Crippen molar-refractivity contribution in [2.45, 2.75) is 18.8 Å². The summed E-state index contributed by atoms with van der Waals surface area (Å²) in [5, 5.41) is 1.00. The Morgan fingerprint density at radius 1 is 1.33 bits per heavy atom. The number of nitrogens with one attached hydrogen (secondary N) is 1. The van der Waals surface area contributed by atoms with Crippen LogP contribution in [0.15, 0.2) is 24.4 Å². The summed E-state index contributed by atoms with van der Waals surface area (Å²) in [5.74, 6) is 1.54. The van der Waals surface area contributed by atoms with Gasteiger partial charge in [0.2, 0.25) is 0 Å². The molecule has 3 N–H and O–H groups in total. The van der Waals surface area contributed by atoms with Crippen LogP contribution in [0.4, 0.5) is 4.39 Å². The number of benzene rings is 1. The molecule has 1 aromatic heterocycles. The number of rotatable bonds is 3. The summed E-state index contributed by atoms with van der Waals surface area (Å²) in [5.41, 5.74) is 8.33. The molecule has 0 radical (unpaired) electrons. The number of hydrogen-bond donors (Lipinski definition) is 2. The summed E-state index contributed by atoms with van der Waals surface area (Å²) in [6.45, 7) is 4.26. The van der Waals surface area contributed by atoms with Crippen molar-refractivity contribution in [3.05, 3.63) is 35.8 Å². The van der Waals surface area contributed by atoms with Gasteiger partial charge < -0.3 is 15.6 Å². The number of nitrogens with two attached hydrogens (primary N) is 1. The quantitative estimate of drug-likeness (QED) is 0.911. The van der Waals surface area contributed by atoms with Crippen LogP contribution >= 0.6 is 0 Å². The molecule has 3 aliphatic rings. The lowest BCUT2D eigenvalue weighted by Gasteiger charge is -2.47. The van der Waals surface area contributed by atoms with Gasteiger partial charge in [0, 0.05) is 29.6 Å². The van der Waals surface area contributed by atoms with Crippen molar-refractivity contribution in [3.63, 3.8) is 0 Å². The molecule has 1 aromatic carbocycles. The maximum atomic E-state index is 13.6.